The van der Waals surface area contributed by atoms with Crippen LogP contribution in [0.25, 0.3) is 0 Å². The Balaban J connectivity index is 3.35. The molecule has 0 saturated heterocycles. The van der Waals surface area contributed by atoms with Gasteiger partial charge in [-0.15, -0.1) is 0 Å². The third-order valence-corrected chi connectivity index (χ3v) is 0.787. The molecule has 0 saturated carbocycles. The Morgan fingerprint density at radius 3 is 1.08 bits per heavy atom. The summed E-state index contributed by atoms with van der Waals surface area (Å²) in [6, 6.07) is 0. The number of hydrogen-bond acceptors (Lipinski definition) is 2. The smallest absolute Gasteiger partial charge is 0.0790 e. The highest BCUT2D eigenvalue weighted by molar-refractivity contribution is 4.90. The molecule has 0 amide bonds. The molecule has 0 unspecified atom stereocenters. The Morgan fingerprint density at radius 2 is 0.917 bits per heavy atom. The monoisotopic (exact) mass is 162 g/mol. The van der Waals surface area contributed by atoms with Crippen LogP contribution in [0.4, 0.5) is 0 Å². The Bertz CT molecular complexity index is 101. The van der Waals surface area contributed by atoms with Crippen molar-refractivity contribution in [3.8, 4) is 0 Å². The third-order valence-electron chi connectivity index (χ3n) is 0.787. The molecule has 0 aromatic heterocycles. The molecule has 0 fully saturated rings. The van der Waals surface area contributed by atoms with Crippen LogP contribution in [0, 0.1) is 41.5 Å². The molecule has 62 valence electrons. The van der Waals surface area contributed by atoms with Gasteiger partial charge in [0.25, 0.3) is 0 Å². The zero-order valence-corrected chi connectivity index (χ0v) is 6.69. The molecule has 12 heavy (non-hydrogen) atoms. The number of ether oxygens (including phenoxy) is 2. The number of hydrogen-bond donors (Lipinski definition) is 0. The molecule has 0 aromatic rings. The van der Waals surface area contributed by atoms with E-state index in [1.807, 2.05) is 0 Å². The van der Waals surface area contributed by atoms with Gasteiger partial charge in [-0.2, -0.15) is 0 Å². The summed E-state index contributed by atoms with van der Waals surface area (Å²) >= 11 is 0. The average Bonchev–Trinajstić information content (AvgIpc) is 1.76. The van der Waals surface area contributed by atoms with Crippen LogP contribution in [0.1, 0.15) is 0 Å². The van der Waals surface area contributed by atoms with E-state index in [-0.39, 0.29) is 13.2 Å². The lowest BCUT2D eigenvalue weighted by Crippen LogP contribution is -2.27. The molecule has 12 radical (unpaired) electrons. The summed E-state index contributed by atoms with van der Waals surface area (Å²) in [5.41, 5.74) is -3.35. The van der Waals surface area contributed by atoms with E-state index in [2.05, 4.69) is 9.47 Å². The first-order valence-electron chi connectivity index (χ1n) is 3.22. The van der Waals surface area contributed by atoms with Crippen molar-refractivity contribution in [1.82, 2.24) is 0 Å². The van der Waals surface area contributed by atoms with E-state index in [1.165, 1.54) is 0 Å². The third kappa shape index (κ3) is 9.92. The van der Waals surface area contributed by atoms with Gasteiger partial charge in [-0.25, -0.2) is 0 Å². The Morgan fingerprint density at radius 1 is 0.667 bits per heavy atom. The molecule has 2 nitrogen and oxygen atoms in total. The van der Waals surface area contributed by atoms with E-state index in [0.717, 1.165) is 0 Å². The van der Waals surface area contributed by atoms with Gasteiger partial charge in [0.1, 0.15) is 0 Å². The van der Waals surface area contributed by atoms with Crippen molar-refractivity contribution in [3.05, 3.63) is 41.5 Å². The molecule has 0 aromatic carbocycles. The zero-order chi connectivity index (χ0) is 9.83. The van der Waals surface area contributed by atoms with E-state index < -0.39 is 11.2 Å². The molecule has 0 aliphatic heterocycles. The van der Waals surface area contributed by atoms with Gasteiger partial charge in [-0.3, -0.25) is 0 Å². The zero-order valence-electron chi connectivity index (χ0n) is 6.69. The fourth-order valence-electron chi connectivity index (χ4n) is 0.437. The first-order valence-corrected chi connectivity index (χ1v) is 3.22. The lowest BCUT2D eigenvalue weighted by molar-refractivity contribution is -0.0221. The van der Waals surface area contributed by atoms with Gasteiger partial charge < -0.3 is 9.47 Å². The summed E-state index contributed by atoms with van der Waals surface area (Å²) < 4.78 is 9.33. The van der Waals surface area contributed by atoms with Crippen LogP contribution in [-0.2, 0) is 9.47 Å². The average molecular weight is 162 g/mol. The second-order valence-electron chi connectivity index (χ2n) is 2.40. The maximum Gasteiger partial charge on any atom is 0.0790 e. The van der Waals surface area contributed by atoms with Crippen LogP contribution in [0.2, 0.25) is 0 Å². The SMILES string of the molecule is [CH]C([CH])([CH])OCCOC([CH])([CH])[CH]. The summed E-state index contributed by atoms with van der Waals surface area (Å²) in [5, 5.41) is 0. The highest BCUT2D eigenvalue weighted by Crippen LogP contribution is 2.07. The van der Waals surface area contributed by atoms with E-state index in [4.69, 9.17) is 41.5 Å². The van der Waals surface area contributed by atoms with Gasteiger partial charge in [-0.05, 0) is 0 Å². The molecule has 0 bridgehead atoms. The van der Waals surface area contributed by atoms with Gasteiger partial charge in [0, 0.05) is 41.5 Å². The lowest BCUT2D eigenvalue weighted by Gasteiger charge is -2.21. The Labute approximate surface area is 76.3 Å². The van der Waals surface area contributed by atoms with Gasteiger partial charge in [0.2, 0.25) is 0 Å². The lowest BCUT2D eigenvalue weighted by atomic mass is 10.2. The normalized spacial score (nSPS) is 13.5. The molecule has 2 heteroatoms. The largest absolute Gasteiger partial charge is 0.372 e. The predicted octanol–water partition coefficient (Wildman–Crippen LogP) is 0.764. The molecule has 0 N–H and O–H groups in total. The van der Waals surface area contributed by atoms with Gasteiger partial charge in [-0.1, -0.05) is 0 Å². The van der Waals surface area contributed by atoms with Crippen molar-refractivity contribution in [2.75, 3.05) is 13.2 Å². The molecular formula is C10H10O2. The maximum absolute atomic E-state index is 5.07. The minimum Gasteiger partial charge on any atom is -0.372 e. The Kier molecular flexibility index (Phi) is 4.21. The van der Waals surface area contributed by atoms with E-state index in [1.54, 1.807) is 0 Å². The van der Waals surface area contributed by atoms with Crippen molar-refractivity contribution in [1.29, 1.82) is 0 Å². The first-order chi connectivity index (χ1) is 5.21. The first kappa shape index (κ1) is 11.9. The van der Waals surface area contributed by atoms with Crippen LogP contribution in [-0.4, -0.2) is 24.4 Å². The molecule has 0 rings (SSSR count). The van der Waals surface area contributed by atoms with Gasteiger partial charge in [0.05, 0.1) is 24.4 Å². The van der Waals surface area contributed by atoms with Crippen LogP contribution in [0.3, 0.4) is 0 Å². The Hall–Kier alpha value is -0.0800. The van der Waals surface area contributed by atoms with Gasteiger partial charge in [0.15, 0.2) is 0 Å². The summed E-state index contributed by atoms with van der Waals surface area (Å²) in [7, 11) is 0. The van der Waals surface area contributed by atoms with Crippen molar-refractivity contribution >= 4 is 0 Å². The standard InChI is InChI=1S/C10H10O2/c1-9(2,3)11-7-8-12-10(4,5)6/h1-6H,7-8H2. The molecule has 0 heterocycles. The fourth-order valence-corrected chi connectivity index (χ4v) is 0.437. The quantitative estimate of drug-likeness (QED) is 0.556. The summed E-state index contributed by atoms with van der Waals surface area (Å²) in [6.07, 6.45) is 0. The van der Waals surface area contributed by atoms with Crippen LogP contribution in [0.15, 0.2) is 0 Å². The molecule has 0 spiro atoms. The van der Waals surface area contributed by atoms with Crippen molar-refractivity contribution < 1.29 is 9.47 Å². The molecule has 0 aliphatic rings. The highest BCUT2D eigenvalue weighted by atomic mass is 16.5. The summed E-state index contributed by atoms with van der Waals surface area (Å²) in [4.78, 5) is 0. The number of rotatable bonds is 5. The topological polar surface area (TPSA) is 18.5 Å². The molecular weight excluding hydrogens is 152 g/mol. The van der Waals surface area contributed by atoms with E-state index in [9.17, 15) is 0 Å². The van der Waals surface area contributed by atoms with Crippen molar-refractivity contribution in [2.24, 2.45) is 0 Å². The van der Waals surface area contributed by atoms with Crippen LogP contribution < -0.4 is 0 Å². The highest BCUT2D eigenvalue weighted by Gasteiger charge is 2.14. The minimum atomic E-state index is -1.68. The predicted molar refractivity (Wildman–Crippen MR) is 43.2 cm³/mol. The van der Waals surface area contributed by atoms with Crippen molar-refractivity contribution in [2.45, 2.75) is 11.2 Å². The summed E-state index contributed by atoms with van der Waals surface area (Å²) in [6.45, 7) is 30.5. The maximum atomic E-state index is 5.07. The fraction of sp³-hybridized carbons (Fsp3) is 0.400. The molecule has 0 aliphatic carbocycles. The van der Waals surface area contributed by atoms with E-state index >= 15 is 0 Å². The van der Waals surface area contributed by atoms with Gasteiger partial charge >= 0.3 is 0 Å². The summed E-state index contributed by atoms with van der Waals surface area (Å²) in [5.74, 6) is 0. The van der Waals surface area contributed by atoms with Crippen molar-refractivity contribution in [3.63, 3.8) is 0 Å². The van der Waals surface area contributed by atoms with Crippen LogP contribution >= 0.6 is 0 Å². The van der Waals surface area contributed by atoms with Crippen LogP contribution in [0.5, 0.6) is 0 Å². The van der Waals surface area contributed by atoms with E-state index in [0.29, 0.717) is 0 Å². The second-order valence-corrected chi connectivity index (χ2v) is 2.40. The molecule has 0 atom stereocenters. The second kappa shape index (κ2) is 4.24. The minimum absolute atomic E-state index is 0.0524.